The second kappa shape index (κ2) is 26.0. The summed E-state index contributed by atoms with van der Waals surface area (Å²) < 4.78 is 79.5. The number of rotatable bonds is 7. The molecule has 0 aromatic rings. The Balaban J connectivity index is 1.08. The zero-order chi connectivity index (χ0) is 56.1. The number of aliphatic hydroxyl groups excluding tert-OH is 21. The second-order valence-electron chi connectivity index (χ2n) is 19.7. The Hall–Kier alpha value is -1.40. The zero-order valence-corrected chi connectivity index (χ0v) is 40.3. The van der Waals surface area contributed by atoms with Crippen molar-refractivity contribution in [1.82, 2.24) is 0 Å². The molecule has 21 N–H and O–H groups in total. The molecule has 0 saturated carbocycles. The molecule has 21 aliphatic rings. The van der Waals surface area contributed by atoms with Gasteiger partial charge in [-0.05, 0) is 0 Å². The summed E-state index contributed by atoms with van der Waals surface area (Å²) in [5.41, 5.74) is 0. The van der Waals surface area contributed by atoms with Gasteiger partial charge in [0.1, 0.15) is 171 Å². The van der Waals surface area contributed by atoms with Crippen molar-refractivity contribution in [2.75, 3.05) is 46.2 Å². The summed E-state index contributed by atoms with van der Waals surface area (Å²) in [5, 5.41) is 230. The summed E-state index contributed by atoms with van der Waals surface area (Å²) in [5.74, 6) is 0. The molecule has 35 nitrogen and oxygen atoms in total. The minimum absolute atomic E-state index is 1.05. The molecule has 0 aromatic heterocycles. The van der Waals surface area contributed by atoms with Crippen molar-refractivity contribution in [3.8, 4) is 0 Å². The fourth-order valence-corrected chi connectivity index (χ4v) is 10.4. The smallest absolute Gasteiger partial charge is 0.187 e. The van der Waals surface area contributed by atoms with Crippen LogP contribution in [0.1, 0.15) is 0 Å². The Bertz CT molecular complexity index is 1470. The summed E-state index contributed by atoms with van der Waals surface area (Å²) in [6.45, 7) is -7.33. The maximum absolute atomic E-state index is 11.3. The average molecular weight is 1130 g/mol. The van der Waals surface area contributed by atoms with Gasteiger partial charge in [-0.2, -0.15) is 0 Å². The normalized spacial score (nSPS) is 55.4. The van der Waals surface area contributed by atoms with E-state index in [1.54, 1.807) is 0 Å². The molecule has 0 amide bonds. The molecule has 21 heterocycles. The van der Waals surface area contributed by atoms with Crippen molar-refractivity contribution in [2.24, 2.45) is 0 Å². The van der Waals surface area contributed by atoms with Crippen LogP contribution in [-0.4, -0.2) is 368 Å². The Morgan fingerprint density at radius 3 is 0.351 bits per heavy atom. The lowest BCUT2D eigenvalue weighted by Gasteiger charge is -2.50. The SMILES string of the molecule is OC[C@@H]1O[C@H]2O[C@@H]3[C@@H](O)[C@H](O)[C@H](O[C@@H]4[C@@H](O)[C@H](O)[C@H](O[C@@H]5[C@@H](O)[C@H](O)[C@H](O[C@@H]6[C@@H](O)[C@H](O)[C@H](O[C@@H]7[C@@H](O)[C@H](O)[C@H](O[C@@H]8[C@@H](O)[C@H](O)[C@H](O[C@@H]1[C@@H](O)[C@@H]2O)O[C@H]8CO)O[C@H]7CO)O[C@H]6CO)O[C@H]5CO)O[C@H]4CO)O[C@H]3CO. The summed E-state index contributed by atoms with van der Waals surface area (Å²) >= 11 is 0. The molecule has 21 fully saturated rings. The van der Waals surface area contributed by atoms with E-state index in [0.29, 0.717) is 0 Å². The lowest BCUT2D eigenvalue weighted by molar-refractivity contribution is -0.396. The molecule has 14 bridgehead atoms. The molecule has 35 heteroatoms. The largest absolute Gasteiger partial charge is 0.394 e. The number of hydrogen-bond acceptors (Lipinski definition) is 35. The number of ether oxygens (including phenoxy) is 14. The Morgan fingerprint density at radius 2 is 0.260 bits per heavy atom. The maximum atomic E-state index is 11.3. The van der Waals surface area contributed by atoms with Crippen LogP contribution in [-0.2, 0) is 66.3 Å². The van der Waals surface area contributed by atoms with E-state index in [0.717, 1.165) is 0 Å². The highest BCUT2D eigenvalue weighted by Gasteiger charge is 2.59. The highest BCUT2D eigenvalue weighted by atomic mass is 16.8. The van der Waals surface area contributed by atoms with Crippen molar-refractivity contribution in [3.63, 3.8) is 0 Å². The summed E-state index contributed by atoms with van der Waals surface area (Å²) in [6, 6.07) is 0. The maximum Gasteiger partial charge on any atom is 0.187 e. The molecule has 0 radical (unpaired) electrons. The molecule has 0 aliphatic carbocycles. The fraction of sp³-hybridized carbons (Fsp3) is 1.00. The van der Waals surface area contributed by atoms with Gasteiger partial charge in [0.25, 0.3) is 0 Å². The van der Waals surface area contributed by atoms with Gasteiger partial charge in [0, 0.05) is 0 Å². The molecule has 21 rings (SSSR count). The molecule has 21 saturated heterocycles. The first-order chi connectivity index (χ1) is 36.7. The minimum atomic E-state index is -2.21. The highest BCUT2D eigenvalue weighted by Crippen LogP contribution is 2.39. The van der Waals surface area contributed by atoms with Crippen LogP contribution in [0.5, 0.6) is 0 Å². The van der Waals surface area contributed by atoms with E-state index in [2.05, 4.69) is 0 Å². The van der Waals surface area contributed by atoms with Crippen LogP contribution in [0.3, 0.4) is 0 Å². The van der Waals surface area contributed by atoms with Gasteiger partial charge < -0.3 is 174 Å². The van der Waals surface area contributed by atoms with Gasteiger partial charge in [-0.3, -0.25) is 0 Å². The van der Waals surface area contributed by atoms with Crippen molar-refractivity contribution < 1.29 is 174 Å². The summed E-state index contributed by atoms with van der Waals surface area (Å²) in [4.78, 5) is 0. The molecular weight excluding hydrogens is 1060 g/mol. The van der Waals surface area contributed by atoms with Crippen LogP contribution in [0.25, 0.3) is 0 Å². The lowest BCUT2D eigenvalue weighted by atomic mass is 9.95. The van der Waals surface area contributed by atoms with Gasteiger partial charge in [-0.25, -0.2) is 0 Å². The molecular formula is C42H70O35. The van der Waals surface area contributed by atoms with Crippen LogP contribution in [0, 0.1) is 0 Å². The molecule has 0 aromatic carbocycles. The predicted molar refractivity (Wildman–Crippen MR) is 228 cm³/mol. The van der Waals surface area contributed by atoms with E-state index < -0.39 is 261 Å². The van der Waals surface area contributed by atoms with Crippen LogP contribution in [0.4, 0.5) is 0 Å². The van der Waals surface area contributed by atoms with Crippen molar-refractivity contribution in [3.05, 3.63) is 0 Å². The van der Waals surface area contributed by atoms with Gasteiger partial charge in [-0.1, -0.05) is 0 Å². The van der Waals surface area contributed by atoms with Gasteiger partial charge >= 0.3 is 0 Å². The number of aliphatic hydroxyl groups is 21. The van der Waals surface area contributed by atoms with Crippen LogP contribution in [0.2, 0.25) is 0 Å². The minimum Gasteiger partial charge on any atom is -0.394 e. The third-order valence-corrected chi connectivity index (χ3v) is 14.8. The highest BCUT2D eigenvalue weighted by molar-refractivity contribution is 5.01. The monoisotopic (exact) mass is 1130 g/mol. The average Bonchev–Trinajstić information content (AvgIpc) is 3.45. The predicted octanol–water partition coefficient (Wildman–Crippen LogP) is -15.2. The lowest BCUT2D eigenvalue weighted by Crippen LogP contribution is -2.68. The molecule has 21 aliphatic heterocycles. The second-order valence-corrected chi connectivity index (χ2v) is 19.7. The Kier molecular flexibility index (Phi) is 20.8. The van der Waals surface area contributed by atoms with E-state index in [-0.39, 0.29) is 0 Å². The number of hydrogen-bond donors (Lipinski definition) is 21. The standard InChI is InChI=1S/C42H70O35/c43-1-8-29-15(50)22(57)36(64-8)72-30-9(2-44)66-38(24(59)17(30)52)74-32-11(4-46)68-40(26(61)19(32)54)76-34-13(6-48)70-42(28(63)21(34)56)77-35-14(7-49)69-41(27(62)20(35)55)75-33-12(5-47)67-39(25(60)18(33)53)73-31-10(3-45)65-37(71-29)23(58)16(31)51/h8-63H,1-7H2/t8-,9-,10-,11-,12-,13-,14-,15-,16-,17-,18-,19-,20-,21-,22-,23-,24-,25-,26-,27-,28-,29-,30-,31-,32-,33-,34-,35-,36-,37-,38-,39-,40-,41-,42-/m0/s1. The first-order valence-corrected chi connectivity index (χ1v) is 24.6. The van der Waals surface area contributed by atoms with E-state index in [1.807, 2.05) is 0 Å². The van der Waals surface area contributed by atoms with Gasteiger partial charge in [0.2, 0.25) is 0 Å². The molecule has 35 atom stereocenters. The zero-order valence-electron chi connectivity index (χ0n) is 40.3. The van der Waals surface area contributed by atoms with Crippen molar-refractivity contribution >= 4 is 0 Å². The van der Waals surface area contributed by atoms with Gasteiger partial charge in [0.15, 0.2) is 44.0 Å². The van der Waals surface area contributed by atoms with E-state index in [1.165, 1.54) is 0 Å². The Morgan fingerprint density at radius 1 is 0.156 bits per heavy atom. The molecule has 0 unspecified atom stereocenters. The van der Waals surface area contributed by atoms with Crippen LogP contribution < -0.4 is 0 Å². The first kappa shape index (κ1) is 61.7. The topological polar surface area (TPSA) is 554 Å². The molecule has 0 spiro atoms. The van der Waals surface area contributed by atoms with Crippen LogP contribution in [0.15, 0.2) is 0 Å². The van der Waals surface area contributed by atoms with E-state index in [9.17, 15) is 107 Å². The van der Waals surface area contributed by atoms with Gasteiger partial charge in [0.05, 0.1) is 46.2 Å². The summed E-state index contributed by atoms with van der Waals surface area (Å²) in [7, 11) is 0. The van der Waals surface area contributed by atoms with E-state index >= 15 is 0 Å². The van der Waals surface area contributed by atoms with Crippen LogP contribution >= 0.6 is 0 Å². The van der Waals surface area contributed by atoms with Gasteiger partial charge in [-0.15, -0.1) is 0 Å². The van der Waals surface area contributed by atoms with Crippen molar-refractivity contribution in [1.29, 1.82) is 0 Å². The third-order valence-electron chi connectivity index (χ3n) is 14.8. The molecule has 448 valence electrons. The quantitative estimate of drug-likeness (QED) is 0.113. The Labute approximate surface area is 434 Å². The van der Waals surface area contributed by atoms with Crippen molar-refractivity contribution in [2.45, 2.75) is 215 Å². The third kappa shape index (κ3) is 12.1. The summed E-state index contributed by atoms with van der Waals surface area (Å²) in [6.07, 6.45) is -70.2. The van der Waals surface area contributed by atoms with E-state index in [4.69, 9.17) is 66.3 Å². The molecule has 77 heavy (non-hydrogen) atoms. The fourth-order valence-electron chi connectivity index (χ4n) is 10.4. The first-order valence-electron chi connectivity index (χ1n) is 24.6.